The molecule has 0 bridgehead atoms. The van der Waals surface area contributed by atoms with E-state index in [4.69, 9.17) is 0 Å². The molecule has 0 aliphatic carbocycles. The van der Waals surface area contributed by atoms with Gasteiger partial charge in [-0.15, -0.1) is 0 Å². The normalized spacial score (nSPS) is 10.5. The van der Waals surface area contributed by atoms with Gasteiger partial charge in [-0.1, -0.05) is 42.5 Å². The number of nitrogens with one attached hydrogen (secondary N) is 1. The van der Waals surface area contributed by atoms with Gasteiger partial charge in [0.25, 0.3) is 0 Å². The molecule has 0 radical (unpaired) electrons. The lowest BCUT2D eigenvalue weighted by Crippen LogP contribution is -2.16. The van der Waals surface area contributed by atoms with E-state index in [0.29, 0.717) is 19.4 Å². The molecular formula is C21H24N4O. The number of carbonyl (C=O) groups excluding carboxylic acids is 1. The number of aryl methyl sites for hydroxylation is 1. The van der Waals surface area contributed by atoms with Crippen LogP contribution in [0.1, 0.15) is 17.5 Å². The average Bonchev–Trinajstić information content (AvgIpc) is 3.08. The van der Waals surface area contributed by atoms with E-state index in [-0.39, 0.29) is 5.91 Å². The van der Waals surface area contributed by atoms with Crippen molar-refractivity contribution < 1.29 is 4.79 Å². The largest absolute Gasteiger partial charge is 0.378 e. The summed E-state index contributed by atoms with van der Waals surface area (Å²) in [4.78, 5) is 14.4. The van der Waals surface area contributed by atoms with Gasteiger partial charge in [0, 0.05) is 32.3 Å². The lowest BCUT2D eigenvalue weighted by Gasteiger charge is -2.12. The molecule has 1 N–H and O–H groups in total. The highest BCUT2D eigenvalue weighted by atomic mass is 16.1. The number of rotatable bonds is 7. The summed E-state index contributed by atoms with van der Waals surface area (Å²) >= 11 is 0. The van der Waals surface area contributed by atoms with E-state index in [2.05, 4.69) is 39.6 Å². The summed E-state index contributed by atoms with van der Waals surface area (Å²) < 4.78 is 1.80. The number of anilines is 2. The van der Waals surface area contributed by atoms with Crippen molar-refractivity contribution in [3.05, 3.63) is 78.0 Å². The number of carbonyl (C=O) groups is 1. The maximum Gasteiger partial charge on any atom is 0.225 e. The predicted octanol–water partition coefficient (Wildman–Crippen LogP) is 3.57. The molecule has 0 fully saturated rings. The molecule has 5 nitrogen and oxygen atoms in total. The minimum atomic E-state index is -0.00324. The molecule has 3 aromatic rings. The first kappa shape index (κ1) is 17.7. The summed E-state index contributed by atoms with van der Waals surface area (Å²) in [5.41, 5.74) is 3.46. The smallest absolute Gasteiger partial charge is 0.225 e. The highest BCUT2D eigenvalue weighted by molar-refractivity contribution is 5.89. The molecule has 0 saturated heterocycles. The zero-order chi connectivity index (χ0) is 18.4. The van der Waals surface area contributed by atoms with Gasteiger partial charge in [-0.05, 0) is 29.7 Å². The van der Waals surface area contributed by atoms with Crippen LogP contribution in [0, 0.1) is 0 Å². The molecule has 26 heavy (non-hydrogen) atoms. The van der Waals surface area contributed by atoms with Crippen molar-refractivity contribution in [3.8, 4) is 0 Å². The summed E-state index contributed by atoms with van der Waals surface area (Å²) in [5, 5.41) is 7.27. The number of benzene rings is 2. The van der Waals surface area contributed by atoms with E-state index < -0.39 is 0 Å². The molecular weight excluding hydrogens is 324 g/mol. The molecule has 0 aliphatic heterocycles. The Morgan fingerprint density at radius 1 is 1.00 bits per heavy atom. The first-order valence-electron chi connectivity index (χ1n) is 8.73. The van der Waals surface area contributed by atoms with E-state index in [1.54, 1.807) is 10.9 Å². The third kappa shape index (κ3) is 4.72. The fourth-order valence-electron chi connectivity index (χ4n) is 2.75. The lowest BCUT2D eigenvalue weighted by molar-refractivity contribution is -0.116. The van der Waals surface area contributed by atoms with Crippen molar-refractivity contribution in [1.29, 1.82) is 0 Å². The van der Waals surface area contributed by atoms with Crippen molar-refractivity contribution >= 4 is 17.4 Å². The first-order valence-corrected chi connectivity index (χ1v) is 8.73. The van der Waals surface area contributed by atoms with Crippen molar-refractivity contribution in [1.82, 2.24) is 9.78 Å². The average molecular weight is 348 g/mol. The molecule has 2 aromatic carbocycles. The Labute approximate surface area is 154 Å². The number of hydrogen-bond donors (Lipinski definition) is 1. The molecule has 1 aromatic heterocycles. The summed E-state index contributed by atoms with van der Waals surface area (Å²) in [6.07, 6.45) is 2.86. The van der Waals surface area contributed by atoms with Crippen LogP contribution in [0.3, 0.4) is 0 Å². The Balaban J connectivity index is 1.55. The van der Waals surface area contributed by atoms with Crippen LogP contribution in [0.5, 0.6) is 0 Å². The summed E-state index contributed by atoms with van der Waals surface area (Å²) in [7, 11) is 4.03. The van der Waals surface area contributed by atoms with Crippen LogP contribution in [-0.2, 0) is 17.8 Å². The van der Waals surface area contributed by atoms with Gasteiger partial charge >= 0.3 is 0 Å². The topological polar surface area (TPSA) is 50.2 Å². The summed E-state index contributed by atoms with van der Waals surface area (Å²) in [6.45, 7) is 0.634. The highest BCUT2D eigenvalue weighted by Gasteiger charge is 2.08. The van der Waals surface area contributed by atoms with Gasteiger partial charge in [0.1, 0.15) is 5.82 Å². The molecule has 0 saturated carbocycles. The Bertz CT molecular complexity index is 838. The molecule has 3 rings (SSSR count). The minimum absolute atomic E-state index is 0.00324. The van der Waals surface area contributed by atoms with Crippen LogP contribution in [0.15, 0.2) is 66.9 Å². The van der Waals surface area contributed by atoms with Crippen LogP contribution in [0.2, 0.25) is 0 Å². The van der Waals surface area contributed by atoms with Crippen molar-refractivity contribution in [2.75, 3.05) is 24.3 Å². The standard InChI is InChI=1S/C21H24N4O/c1-24(2)19-11-8-17(9-12-19)10-13-21(26)23-20-14-15-22-25(20)16-18-6-4-3-5-7-18/h3-9,11-12,14-15H,10,13,16H2,1-2H3,(H,23,26). The molecule has 0 spiro atoms. The number of hydrogen-bond acceptors (Lipinski definition) is 3. The van der Waals surface area contributed by atoms with Crippen LogP contribution in [0.4, 0.5) is 11.5 Å². The minimum Gasteiger partial charge on any atom is -0.378 e. The van der Waals surface area contributed by atoms with E-state index in [0.717, 1.165) is 22.6 Å². The van der Waals surface area contributed by atoms with Crippen LogP contribution < -0.4 is 10.2 Å². The van der Waals surface area contributed by atoms with Crippen LogP contribution in [-0.4, -0.2) is 29.8 Å². The van der Waals surface area contributed by atoms with Crippen molar-refractivity contribution in [2.45, 2.75) is 19.4 Å². The Kier molecular flexibility index (Phi) is 5.69. The molecule has 1 heterocycles. The first-order chi connectivity index (χ1) is 12.6. The molecule has 0 atom stereocenters. The lowest BCUT2D eigenvalue weighted by atomic mass is 10.1. The summed E-state index contributed by atoms with van der Waals surface area (Å²) in [6, 6.07) is 20.2. The molecule has 134 valence electrons. The zero-order valence-electron chi connectivity index (χ0n) is 15.2. The van der Waals surface area contributed by atoms with Crippen molar-refractivity contribution in [3.63, 3.8) is 0 Å². The molecule has 0 unspecified atom stereocenters. The van der Waals surface area contributed by atoms with E-state index in [1.807, 2.05) is 50.5 Å². The molecule has 0 aliphatic rings. The quantitative estimate of drug-likeness (QED) is 0.710. The maximum atomic E-state index is 12.3. The Morgan fingerprint density at radius 3 is 2.42 bits per heavy atom. The number of nitrogens with zero attached hydrogens (tertiary/aromatic N) is 3. The van der Waals surface area contributed by atoms with Gasteiger partial charge in [-0.25, -0.2) is 4.68 Å². The SMILES string of the molecule is CN(C)c1ccc(CCC(=O)Nc2ccnn2Cc2ccccc2)cc1. The summed E-state index contributed by atoms with van der Waals surface area (Å²) in [5.74, 6) is 0.721. The van der Waals surface area contributed by atoms with Gasteiger partial charge in [-0.3, -0.25) is 4.79 Å². The van der Waals surface area contributed by atoms with E-state index in [9.17, 15) is 4.79 Å². The fraction of sp³-hybridized carbons (Fsp3) is 0.238. The van der Waals surface area contributed by atoms with Crippen molar-refractivity contribution in [2.24, 2.45) is 0 Å². The zero-order valence-corrected chi connectivity index (χ0v) is 15.2. The van der Waals surface area contributed by atoms with Gasteiger partial charge in [0.05, 0.1) is 12.7 Å². The second kappa shape index (κ2) is 8.34. The number of amides is 1. The fourth-order valence-corrected chi connectivity index (χ4v) is 2.75. The van der Waals surface area contributed by atoms with Crippen LogP contribution >= 0.6 is 0 Å². The molecule has 5 heteroatoms. The molecule has 1 amide bonds. The van der Waals surface area contributed by atoms with Gasteiger partial charge in [0.15, 0.2) is 0 Å². The maximum absolute atomic E-state index is 12.3. The Morgan fingerprint density at radius 2 is 1.73 bits per heavy atom. The van der Waals surface area contributed by atoms with Crippen LogP contribution in [0.25, 0.3) is 0 Å². The third-order valence-corrected chi connectivity index (χ3v) is 4.25. The van der Waals surface area contributed by atoms with Gasteiger partial charge in [0.2, 0.25) is 5.91 Å². The predicted molar refractivity (Wildman–Crippen MR) is 105 cm³/mol. The highest BCUT2D eigenvalue weighted by Crippen LogP contribution is 2.14. The monoisotopic (exact) mass is 348 g/mol. The number of aromatic nitrogens is 2. The second-order valence-electron chi connectivity index (χ2n) is 6.47. The second-order valence-corrected chi connectivity index (χ2v) is 6.47. The third-order valence-electron chi connectivity index (χ3n) is 4.25. The van der Waals surface area contributed by atoms with E-state index >= 15 is 0 Å². The van der Waals surface area contributed by atoms with Gasteiger partial charge < -0.3 is 10.2 Å². The Hall–Kier alpha value is -3.08. The van der Waals surface area contributed by atoms with Gasteiger partial charge in [-0.2, -0.15) is 5.10 Å². The van der Waals surface area contributed by atoms with E-state index in [1.165, 1.54) is 0 Å².